The zero-order chi connectivity index (χ0) is 18.7. The van der Waals surface area contributed by atoms with Crippen LogP contribution in [-0.2, 0) is 19.6 Å². The van der Waals surface area contributed by atoms with Crippen molar-refractivity contribution in [1.29, 1.82) is 0 Å². The summed E-state index contributed by atoms with van der Waals surface area (Å²) in [5, 5.41) is 4.56. The maximum absolute atomic E-state index is 13.1. The van der Waals surface area contributed by atoms with Crippen molar-refractivity contribution in [2.75, 3.05) is 0 Å². The number of halogens is 5. The van der Waals surface area contributed by atoms with Crippen molar-refractivity contribution in [3.05, 3.63) is 0 Å². The summed E-state index contributed by atoms with van der Waals surface area (Å²) in [6, 6.07) is 0. The second kappa shape index (κ2) is 5.49. The minimum Gasteiger partial charge on any atom is -0.457 e. The van der Waals surface area contributed by atoms with E-state index in [0.717, 1.165) is 0 Å². The molecule has 2 rings (SSSR count). The molecule has 2 saturated carbocycles. The van der Waals surface area contributed by atoms with Crippen LogP contribution in [0.25, 0.3) is 0 Å². The molecule has 0 aliphatic heterocycles. The Morgan fingerprint density at radius 3 is 2.00 bits per heavy atom. The lowest BCUT2D eigenvalue weighted by atomic mass is 9.76. The summed E-state index contributed by atoms with van der Waals surface area (Å²) >= 11 is 0. The highest BCUT2D eigenvalue weighted by molar-refractivity contribution is 7.87. The van der Waals surface area contributed by atoms with E-state index in [4.69, 9.17) is 4.55 Å². The van der Waals surface area contributed by atoms with Crippen molar-refractivity contribution >= 4 is 16.1 Å². The maximum atomic E-state index is 13.1. The van der Waals surface area contributed by atoms with E-state index >= 15 is 0 Å². The molecule has 2 fully saturated rings. The molecule has 12 heteroatoms. The predicted molar refractivity (Wildman–Crippen MR) is 67.4 cm³/mol. The summed E-state index contributed by atoms with van der Waals surface area (Å²) in [6.07, 6.45) is -6.32. The average Bonchev–Trinajstić information content (AvgIpc) is 2.95. The molecular weight excluding hydrogens is 367 g/mol. The highest BCUT2D eigenvalue weighted by Crippen LogP contribution is 2.56. The maximum Gasteiger partial charge on any atom is 0.465 e. The molecule has 0 spiro atoms. The first kappa shape index (κ1) is 19.3. The summed E-state index contributed by atoms with van der Waals surface area (Å²) in [5.41, 5.74) is -2.96. The van der Waals surface area contributed by atoms with Crippen LogP contribution in [0.2, 0.25) is 0 Å². The van der Waals surface area contributed by atoms with E-state index in [9.17, 15) is 40.3 Å². The zero-order valence-corrected chi connectivity index (χ0v) is 13.1. The fourth-order valence-electron chi connectivity index (χ4n) is 3.58. The van der Waals surface area contributed by atoms with E-state index in [-0.39, 0.29) is 19.3 Å². The van der Waals surface area contributed by atoms with Crippen LogP contribution in [-0.4, -0.2) is 47.2 Å². The molecule has 0 aromatic carbocycles. The number of ether oxygens (including phenoxy) is 1. The third-order valence-electron chi connectivity index (χ3n) is 4.91. The van der Waals surface area contributed by atoms with Gasteiger partial charge >= 0.3 is 27.5 Å². The van der Waals surface area contributed by atoms with Gasteiger partial charge in [-0.3, -0.25) is 4.55 Å². The Bertz CT molecular complexity index is 628. The molecular formula is C12H15F5O6S. The van der Waals surface area contributed by atoms with Gasteiger partial charge in [0.05, 0.1) is 0 Å². The Morgan fingerprint density at radius 1 is 1.08 bits per heavy atom. The van der Waals surface area contributed by atoms with E-state index in [1.54, 1.807) is 0 Å². The predicted octanol–water partition coefficient (Wildman–Crippen LogP) is 1.74. The number of alkyl halides is 5. The van der Waals surface area contributed by atoms with Crippen LogP contribution >= 0.6 is 0 Å². The fourth-order valence-corrected chi connectivity index (χ4v) is 3.84. The van der Waals surface area contributed by atoms with Gasteiger partial charge in [0.15, 0.2) is 5.60 Å². The van der Waals surface area contributed by atoms with Crippen LogP contribution in [0, 0.1) is 17.8 Å². The van der Waals surface area contributed by atoms with E-state index < -0.39 is 57.0 Å². The van der Waals surface area contributed by atoms with E-state index in [2.05, 4.69) is 4.74 Å². The third-order valence-corrected chi connectivity index (χ3v) is 5.72. The normalized spacial score (nSPS) is 33.3. The summed E-state index contributed by atoms with van der Waals surface area (Å²) < 4.78 is 98.6. The fraction of sp³-hybridized carbons (Fsp3) is 0.917. The van der Waals surface area contributed by atoms with Crippen molar-refractivity contribution < 1.29 is 49.6 Å². The van der Waals surface area contributed by atoms with Gasteiger partial charge in [-0.25, -0.2) is 4.79 Å². The molecule has 0 amide bonds. The molecule has 0 aromatic rings. The van der Waals surface area contributed by atoms with Gasteiger partial charge in [-0.1, -0.05) is 0 Å². The molecule has 2 bridgehead atoms. The molecule has 0 radical (unpaired) electrons. The average molecular weight is 382 g/mol. The van der Waals surface area contributed by atoms with E-state index in [1.807, 2.05) is 0 Å². The van der Waals surface area contributed by atoms with Crippen LogP contribution in [0.15, 0.2) is 0 Å². The molecule has 5 unspecified atom stereocenters. The molecule has 5 atom stereocenters. The molecule has 0 saturated heterocycles. The van der Waals surface area contributed by atoms with Crippen molar-refractivity contribution in [2.24, 2.45) is 17.8 Å². The van der Waals surface area contributed by atoms with Crippen LogP contribution in [0.3, 0.4) is 0 Å². The molecule has 0 heterocycles. The largest absolute Gasteiger partial charge is 0.465 e. The molecule has 6 nitrogen and oxygen atoms in total. The molecule has 0 aromatic heterocycles. The lowest BCUT2D eigenvalue weighted by molar-refractivity contribution is -0.278. The monoisotopic (exact) mass is 382 g/mol. The number of rotatable bonds is 4. The number of hydrogen-bond donors (Lipinski definition) is 2. The van der Waals surface area contributed by atoms with Crippen LogP contribution in [0.1, 0.15) is 26.2 Å². The quantitative estimate of drug-likeness (QED) is 0.436. The highest BCUT2D eigenvalue weighted by Gasteiger charge is 2.63. The second-order valence-corrected chi connectivity index (χ2v) is 7.88. The van der Waals surface area contributed by atoms with Crippen LogP contribution < -0.4 is 0 Å². The van der Waals surface area contributed by atoms with Crippen molar-refractivity contribution in [3.8, 4) is 0 Å². The van der Waals surface area contributed by atoms with Crippen molar-refractivity contribution in [2.45, 2.75) is 49.3 Å². The van der Waals surface area contributed by atoms with Crippen LogP contribution in [0.5, 0.6) is 0 Å². The van der Waals surface area contributed by atoms with Crippen LogP contribution in [0.4, 0.5) is 22.0 Å². The van der Waals surface area contributed by atoms with E-state index in [0.29, 0.717) is 6.92 Å². The molecule has 140 valence electrons. The topological polar surface area (TPSA) is 101 Å². The number of esters is 1. The highest BCUT2D eigenvalue weighted by atomic mass is 32.2. The molecule has 2 aliphatic carbocycles. The first-order chi connectivity index (χ1) is 10.6. The SMILES string of the molecule is CC(O)(C1CC2CC1CC2OC(=O)C(F)(F)S(=O)(=O)O)C(F)(F)F. The summed E-state index contributed by atoms with van der Waals surface area (Å²) in [4.78, 5) is 11.2. The summed E-state index contributed by atoms with van der Waals surface area (Å²) in [7, 11) is -6.01. The Morgan fingerprint density at radius 2 is 1.62 bits per heavy atom. The van der Waals surface area contributed by atoms with Gasteiger partial charge in [-0.05, 0) is 43.9 Å². The lowest BCUT2D eigenvalue weighted by Crippen LogP contribution is -2.51. The molecule has 2 N–H and O–H groups in total. The van der Waals surface area contributed by atoms with Gasteiger partial charge in [0.25, 0.3) is 0 Å². The van der Waals surface area contributed by atoms with Gasteiger partial charge in [0.1, 0.15) is 6.10 Å². The van der Waals surface area contributed by atoms with Gasteiger partial charge in [-0.15, -0.1) is 0 Å². The first-order valence-corrected chi connectivity index (χ1v) is 8.38. The smallest absolute Gasteiger partial charge is 0.457 e. The number of carbonyl (C=O) groups is 1. The number of aliphatic hydroxyl groups is 1. The third kappa shape index (κ3) is 2.99. The van der Waals surface area contributed by atoms with E-state index in [1.165, 1.54) is 0 Å². The Kier molecular flexibility index (Phi) is 4.42. The number of fused-ring (bicyclic) bond motifs is 2. The van der Waals surface area contributed by atoms with Crippen molar-refractivity contribution in [3.63, 3.8) is 0 Å². The minimum atomic E-state index is -6.01. The Labute approximate surface area is 133 Å². The summed E-state index contributed by atoms with van der Waals surface area (Å²) in [6.45, 7) is 0.631. The van der Waals surface area contributed by atoms with Gasteiger partial charge < -0.3 is 9.84 Å². The van der Waals surface area contributed by atoms with Crippen molar-refractivity contribution in [1.82, 2.24) is 0 Å². The second-order valence-electron chi connectivity index (χ2n) is 6.41. The minimum absolute atomic E-state index is 0.131. The Balaban J connectivity index is 2.06. The van der Waals surface area contributed by atoms with Gasteiger partial charge in [0.2, 0.25) is 0 Å². The van der Waals surface area contributed by atoms with Gasteiger partial charge in [-0.2, -0.15) is 30.4 Å². The standard InChI is InChI=1S/C12H15F5O6S/c1-10(19,12(15,16)17)7-3-6-2-5(7)4-8(6)23-9(18)11(13,14)24(20,21)22/h5-8,19H,2-4H2,1H3,(H,20,21,22). The molecule has 2 aliphatic rings. The first-order valence-electron chi connectivity index (χ1n) is 6.94. The zero-order valence-electron chi connectivity index (χ0n) is 12.3. The lowest BCUT2D eigenvalue weighted by Gasteiger charge is -2.38. The summed E-state index contributed by atoms with van der Waals surface area (Å²) in [5.74, 6) is -5.04. The Hall–Kier alpha value is -1.01. The molecule has 24 heavy (non-hydrogen) atoms. The van der Waals surface area contributed by atoms with Gasteiger partial charge in [0, 0.05) is 0 Å². The number of carbonyl (C=O) groups excluding carboxylic acids is 1. The number of hydrogen-bond acceptors (Lipinski definition) is 5.